The summed E-state index contributed by atoms with van der Waals surface area (Å²) in [6.45, 7) is 5.38. The lowest BCUT2D eigenvalue weighted by Gasteiger charge is -2.13. The van der Waals surface area contributed by atoms with Gasteiger partial charge in [0, 0.05) is 38.2 Å². The van der Waals surface area contributed by atoms with Crippen molar-refractivity contribution in [1.29, 1.82) is 0 Å². The molecule has 8 heteroatoms. The summed E-state index contributed by atoms with van der Waals surface area (Å²) in [6, 6.07) is 5.32. The maximum Gasteiger partial charge on any atom is 0.191 e. The fourth-order valence-electron chi connectivity index (χ4n) is 2.73. The first-order chi connectivity index (χ1) is 12.6. The van der Waals surface area contributed by atoms with Gasteiger partial charge in [0.15, 0.2) is 5.96 Å². The van der Waals surface area contributed by atoms with Crippen LogP contribution in [0, 0.1) is 0 Å². The fourth-order valence-corrected chi connectivity index (χ4v) is 2.73. The van der Waals surface area contributed by atoms with Gasteiger partial charge in [-0.05, 0) is 24.5 Å². The summed E-state index contributed by atoms with van der Waals surface area (Å²) in [5.41, 5.74) is 2.94. The van der Waals surface area contributed by atoms with Crippen LogP contribution in [0.1, 0.15) is 36.4 Å². The Morgan fingerprint density at radius 2 is 2.04 bits per heavy atom. The van der Waals surface area contributed by atoms with E-state index in [2.05, 4.69) is 34.6 Å². The van der Waals surface area contributed by atoms with Crippen molar-refractivity contribution in [3.05, 3.63) is 40.8 Å². The topological polar surface area (TPSA) is 91.9 Å². The van der Waals surface area contributed by atoms with Gasteiger partial charge in [0.25, 0.3) is 0 Å². The van der Waals surface area contributed by atoms with Gasteiger partial charge in [-0.25, -0.2) is 0 Å². The standard InChI is InChI=1S/C19H28N4O3.HI/c1-5-16-15(18(6-2)26-23-16)12-22-19(20-3)21-10-9-13-7-8-14(25-4)11-17(13)24;/h7-8,11,24H,5-6,9-10,12H2,1-4H3,(H2,20,21,22);1H. The van der Waals surface area contributed by atoms with Gasteiger partial charge in [0.1, 0.15) is 17.3 Å². The normalized spacial score (nSPS) is 11.0. The molecule has 1 heterocycles. The third-order valence-corrected chi connectivity index (χ3v) is 4.24. The van der Waals surface area contributed by atoms with Crippen molar-refractivity contribution in [2.24, 2.45) is 4.99 Å². The number of hydrogen-bond acceptors (Lipinski definition) is 5. The number of aliphatic imine (C=N–C) groups is 1. The first kappa shape index (κ1) is 23.1. The quantitative estimate of drug-likeness (QED) is 0.301. The molecule has 3 N–H and O–H groups in total. The fraction of sp³-hybridized carbons (Fsp3) is 0.474. The van der Waals surface area contributed by atoms with E-state index in [1.54, 1.807) is 20.2 Å². The maximum atomic E-state index is 10.0. The Kier molecular flexibility index (Phi) is 9.98. The molecular weight excluding hydrogens is 459 g/mol. The summed E-state index contributed by atoms with van der Waals surface area (Å²) < 4.78 is 10.5. The molecule has 0 fully saturated rings. The number of nitrogens with zero attached hydrogens (tertiary/aromatic N) is 2. The van der Waals surface area contributed by atoms with Gasteiger partial charge in [0.2, 0.25) is 0 Å². The van der Waals surface area contributed by atoms with E-state index in [9.17, 15) is 5.11 Å². The molecule has 0 bridgehead atoms. The highest BCUT2D eigenvalue weighted by Gasteiger charge is 2.13. The number of aryl methyl sites for hydroxylation is 2. The average Bonchev–Trinajstić information content (AvgIpc) is 3.07. The van der Waals surface area contributed by atoms with E-state index in [0.717, 1.165) is 35.4 Å². The highest BCUT2D eigenvalue weighted by atomic mass is 127. The second-order valence-electron chi connectivity index (χ2n) is 5.84. The Morgan fingerprint density at radius 1 is 1.26 bits per heavy atom. The molecule has 0 amide bonds. The predicted molar refractivity (Wildman–Crippen MR) is 117 cm³/mol. The van der Waals surface area contributed by atoms with Gasteiger partial charge in [-0.1, -0.05) is 25.1 Å². The lowest BCUT2D eigenvalue weighted by molar-refractivity contribution is 0.380. The minimum atomic E-state index is 0. The molecule has 0 saturated heterocycles. The lowest BCUT2D eigenvalue weighted by atomic mass is 10.1. The Labute approximate surface area is 177 Å². The SMILES string of the molecule is CCc1noc(CC)c1CNC(=NC)NCCc1ccc(OC)cc1O.I. The summed E-state index contributed by atoms with van der Waals surface area (Å²) in [6.07, 6.45) is 2.32. The average molecular weight is 488 g/mol. The number of halogens is 1. The number of ether oxygens (including phenoxy) is 1. The van der Waals surface area contributed by atoms with E-state index in [1.807, 2.05) is 12.1 Å². The van der Waals surface area contributed by atoms with Crippen molar-refractivity contribution in [2.75, 3.05) is 20.7 Å². The third kappa shape index (κ3) is 6.30. The molecule has 0 radical (unpaired) electrons. The molecule has 150 valence electrons. The number of rotatable bonds is 8. The van der Waals surface area contributed by atoms with Gasteiger partial charge in [0.05, 0.1) is 12.8 Å². The Bertz CT molecular complexity index is 725. The zero-order valence-corrected chi connectivity index (χ0v) is 18.7. The second kappa shape index (κ2) is 11.7. The number of nitrogens with one attached hydrogen (secondary N) is 2. The van der Waals surface area contributed by atoms with Gasteiger partial charge in [-0.3, -0.25) is 4.99 Å². The number of phenols is 1. The van der Waals surface area contributed by atoms with Crippen molar-refractivity contribution in [3.63, 3.8) is 0 Å². The molecule has 0 spiro atoms. The van der Waals surface area contributed by atoms with Crippen molar-refractivity contribution in [1.82, 2.24) is 15.8 Å². The van der Waals surface area contributed by atoms with Crippen LogP contribution in [0.3, 0.4) is 0 Å². The molecule has 0 unspecified atom stereocenters. The zero-order chi connectivity index (χ0) is 18.9. The minimum Gasteiger partial charge on any atom is -0.508 e. The number of aromatic hydroxyl groups is 1. The van der Waals surface area contributed by atoms with Crippen LogP contribution in [0.5, 0.6) is 11.5 Å². The van der Waals surface area contributed by atoms with E-state index in [1.165, 1.54) is 0 Å². The molecular formula is C19H29IN4O3. The van der Waals surface area contributed by atoms with Crippen LogP contribution in [0.25, 0.3) is 0 Å². The smallest absolute Gasteiger partial charge is 0.191 e. The lowest BCUT2D eigenvalue weighted by Crippen LogP contribution is -2.38. The number of phenolic OH excluding ortho intramolecular Hbond substituents is 1. The van der Waals surface area contributed by atoms with E-state index >= 15 is 0 Å². The Balaban J connectivity index is 0.00000364. The summed E-state index contributed by atoms with van der Waals surface area (Å²) in [5, 5.41) is 20.7. The summed E-state index contributed by atoms with van der Waals surface area (Å²) >= 11 is 0. The minimum absolute atomic E-state index is 0. The first-order valence-corrected chi connectivity index (χ1v) is 8.89. The van der Waals surface area contributed by atoms with Crippen LogP contribution < -0.4 is 15.4 Å². The number of aromatic nitrogens is 1. The molecule has 0 aliphatic rings. The number of guanidine groups is 1. The van der Waals surface area contributed by atoms with E-state index < -0.39 is 0 Å². The molecule has 27 heavy (non-hydrogen) atoms. The van der Waals surface area contributed by atoms with Crippen molar-refractivity contribution in [3.8, 4) is 11.5 Å². The number of benzene rings is 1. The molecule has 0 aliphatic heterocycles. The van der Waals surface area contributed by atoms with Crippen molar-refractivity contribution >= 4 is 29.9 Å². The first-order valence-electron chi connectivity index (χ1n) is 8.89. The van der Waals surface area contributed by atoms with Gasteiger partial charge in [-0.2, -0.15) is 0 Å². The number of methoxy groups -OCH3 is 1. The summed E-state index contributed by atoms with van der Waals surface area (Å²) in [5.74, 6) is 2.49. The molecule has 0 atom stereocenters. The van der Waals surface area contributed by atoms with Gasteiger partial charge < -0.3 is 25.0 Å². The summed E-state index contributed by atoms with van der Waals surface area (Å²) in [7, 11) is 3.31. The summed E-state index contributed by atoms with van der Waals surface area (Å²) in [4.78, 5) is 4.24. The van der Waals surface area contributed by atoms with E-state index in [4.69, 9.17) is 9.26 Å². The van der Waals surface area contributed by atoms with E-state index in [-0.39, 0.29) is 29.7 Å². The van der Waals surface area contributed by atoms with Gasteiger partial charge in [-0.15, -0.1) is 24.0 Å². The molecule has 2 rings (SSSR count). The van der Waals surface area contributed by atoms with Crippen LogP contribution >= 0.6 is 24.0 Å². The monoisotopic (exact) mass is 488 g/mol. The van der Waals surface area contributed by atoms with Crippen LogP contribution in [-0.4, -0.2) is 36.9 Å². The highest BCUT2D eigenvalue weighted by Crippen LogP contribution is 2.23. The van der Waals surface area contributed by atoms with E-state index in [0.29, 0.717) is 31.2 Å². The Morgan fingerprint density at radius 3 is 2.63 bits per heavy atom. The molecule has 0 aliphatic carbocycles. The molecule has 2 aromatic rings. The van der Waals surface area contributed by atoms with Crippen LogP contribution in [0.2, 0.25) is 0 Å². The van der Waals surface area contributed by atoms with Crippen molar-refractivity contribution < 1.29 is 14.4 Å². The molecule has 1 aromatic carbocycles. The molecule has 1 aromatic heterocycles. The van der Waals surface area contributed by atoms with Crippen LogP contribution in [-0.2, 0) is 25.8 Å². The number of hydrogen-bond donors (Lipinski definition) is 3. The third-order valence-electron chi connectivity index (χ3n) is 4.24. The van der Waals surface area contributed by atoms with Crippen LogP contribution in [0.15, 0.2) is 27.7 Å². The highest BCUT2D eigenvalue weighted by molar-refractivity contribution is 14.0. The van der Waals surface area contributed by atoms with Crippen LogP contribution in [0.4, 0.5) is 0 Å². The van der Waals surface area contributed by atoms with Gasteiger partial charge >= 0.3 is 0 Å². The predicted octanol–water partition coefficient (Wildman–Crippen LogP) is 3.04. The second-order valence-corrected chi connectivity index (χ2v) is 5.84. The largest absolute Gasteiger partial charge is 0.508 e. The molecule has 0 saturated carbocycles. The van der Waals surface area contributed by atoms with Crippen molar-refractivity contribution in [2.45, 2.75) is 39.7 Å². The maximum absolute atomic E-state index is 10.0. The zero-order valence-electron chi connectivity index (χ0n) is 16.3. The Hall–Kier alpha value is -1.97. The molecule has 7 nitrogen and oxygen atoms in total.